The second-order valence-corrected chi connectivity index (χ2v) is 8.55. The molecule has 0 atom stereocenters. The molecule has 25 heavy (non-hydrogen) atoms. The third-order valence-corrected chi connectivity index (χ3v) is 6.33. The lowest BCUT2D eigenvalue weighted by Gasteiger charge is -2.15. The number of carbonyl (C=O) groups is 2. The van der Waals surface area contributed by atoms with E-state index in [0.29, 0.717) is 0 Å². The predicted molar refractivity (Wildman–Crippen MR) is 95.1 cm³/mol. The molecule has 7 nitrogen and oxygen atoms in total. The molecule has 1 aliphatic heterocycles. The first kappa shape index (κ1) is 19.7. The molecule has 2 amide bonds. The Kier molecular flexibility index (Phi) is 6.42. The molecule has 0 saturated carbocycles. The van der Waals surface area contributed by atoms with E-state index in [-0.39, 0.29) is 34.4 Å². The van der Waals surface area contributed by atoms with Gasteiger partial charge in [-0.3, -0.25) is 9.59 Å². The maximum Gasteiger partial charge on any atom is 0.251 e. The van der Waals surface area contributed by atoms with Crippen molar-refractivity contribution in [1.29, 1.82) is 0 Å². The number of rotatable bonds is 6. The van der Waals surface area contributed by atoms with Crippen LogP contribution in [-0.4, -0.2) is 63.2 Å². The van der Waals surface area contributed by atoms with E-state index in [0.717, 1.165) is 30.2 Å². The van der Waals surface area contributed by atoms with E-state index in [1.165, 1.54) is 32.3 Å². The minimum Gasteiger partial charge on any atom is -0.352 e. The summed E-state index contributed by atoms with van der Waals surface area (Å²) in [5.41, 5.74) is 0.179. The molecule has 9 heteroatoms. The van der Waals surface area contributed by atoms with Crippen LogP contribution >= 0.6 is 11.6 Å². The molecule has 0 aromatic heterocycles. The summed E-state index contributed by atoms with van der Waals surface area (Å²) in [7, 11) is -0.966. The van der Waals surface area contributed by atoms with Crippen LogP contribution in [0.1, 0.15) is 29.6 Å². The minimum atomic E-state index is -3.75. The van der Waals surface area contributed by atoms with Crippen LogP contribution in [0.3, 0.4) is 0 Å². The molecule has 0 unspecified atom stereocenters. The van der Waals surface area contributed by atoms with Gasteiger partial charge in [-0.25, -0.2) is 12.7 Å². The molecule has 1 fully saturated rings. The van der Waals surface area contributed by atoms with Gasteiger partial charge in [0, 0.05) is 45.7 Å². The van der Waals surface area contributed by atoms with Crippen molar-refractivity contribution in [2.24, 2.45) is 0 Å². The fourth-order valence-corrected chi connectivity index (χ4v) is 3.94. The van der Waals surface area contributed by atoms with E-state index in [1.54, 1.807) is 4.90 Å². The van der Waals surface area contributed by atoms with Gasteiger partial charge in [-0.05, 0) is 31.0 Å². The topological polar surface area (TPSA) is 86.8 Å². The van der Waals surface area contributed by atoms with Gasteiger partial charge in [0.05, 0.1) is 5.02 Å². The summed E-state index contributed by atoms with van der Waals surface area (Å²) in [5, 5.41) is 2.69. The van der Waals surface area contributed by atoms with Crippen molar-refractivity contribution < 1.29 is 18.0 Å². The lowest BCUT2D eigenvalue weighted by atomic mass is 10.2. The first-order chi connectivity index (χ1) is 11.7. The van der Waals surface area contributed by atoms with Crippen LogP contribution in [0.2, 0.25) is 5.02 Å². The van der Waals surface area contributed by atoms with Crippen molar-refractivity contribution in [3.63, 3.8) is 0 Å². The highest BCUT2D eigenvalue weighted by Crippen LogP contribution is 2.24. The Morgan fingerprint density at radius 1 is 1.24 bits per heavy atom. The number of nitrogens with zero attached hydrogens (tertiary/aromatic N) is 2. The number of benzene rings is 1. The van der Waals surface area contributed by atoms with Crippen molar-refractivity contribution in [2.45, 2.75) is 24.2 Å². The summed E-state index contributed by atoms with van der Waals surface area (Å²) in [6, 6.07) is 4.08. The van der Waals surface area contributed by atoms with Crippen LogP contribution in [0.5, 0.6) is 0 Å². The van der Waals surface area contributed by atoms with Crippen LogP contribution in [0, 0.1) is 0 Å². The third kappa shape index (κ3) is 4.71. The van der Waals surface area contributed by atoms with E-state index in [4.69, 9.17) is 11.6 Å². The largest absolute Gasteiger partial charge is 0.352 e. The number of nitrogens with one attached hydrogen (secondary N) is 1. The van der Waals surface area contributed by atoms with Crippen LogP contribution in [0.15, 0.2) is 23.1 Å². The fraction of sp³-hybridized carbons (Fsp3) is 0.500. The quantitative estimate of drug-likeness (QED) is 0.797. The highest BCUT2D eigenvalue weighted by atomic mass is 35.5. The van der Waals surface area contributed by atoms with Gasteiger partial charge in [0.2, 0.25) is 15.9 Å². The molecule has 138 valence electrons. The van der Waals surface area contributed by atoms with E-state index in [2.05, 4.69) is 5.32 Å². The molecule has 2 rings (SSSR count). The van der Waals surface area contributed by atoms with E-state index < -0.39 is 15.9 Å². The van der Waals surface area contributed by atoms with E-state index in [9.17, 15) is 18.0 Å². The molecule has 0 spiro atoms. The number of halogens is 1. The Balaban J connectivity index is 2.01. The van der Waals surface area contributed by atoms with Crippen LogP contribution in [-0.2, 0) is 14.8 Å². The molecule has 0 bridgehead atoms. The Bertz CT molecular complexity index is 759. The third-order valence-electron chi connectivity index (χ3n) is 4.04. The van der Waals surface area contributed by atoms with Crippen LogP contribution in [0.25, 0.3) is 0 Å². The van der Waals surface area contributed by atoms with Crippen molar-refractivity contribution in [2.75, 3.05) is 33.7 Å². The van der Waals surface area contributed by atoms with Crippen molar-refractivity contribution in [3.05, 3.63) is 28.8 Å². The van der Waals surface area contributed by atoms with Crippen LogP contribution < -0.4 is 5.32 Å². The van der Waals surface area contributed by atoms with Crippen molar-refractivity contribution in [1.82, 2.24) is 14.5 Å². The number of hydrogen-bond donors (Lipinski definition) is 1. The molecule has 1 heterocycles. The zero-order chi connectivity index (χ0) is 18.6. The normalized spacial score (nSPS) is 14.8. The second kappa shape index (κ2) is 8.16. The summed E-state index contributed by atoms with van der Waals surface area (Å²) in [6.45, 7) is 1.75. The van der Waals surface area contributed by atoms with Gasteiger partial charge < -0.3 is 10.2 Å². The van der Waals surface area contributed by atoms with E-state index >= 15 is 0 Å². The molecule has 1 aliphatic rings. The van der Waals surface area contributed by atoms with Gasteiger partial charge in [0.25, 0.3) is 5.91 Å². The molecular formula is C16H22ClN3O4S. The zero-order valence-electron chi connectivity index (χ0n) is 14.3. The molecule has 1 aromatic carbocycles. The predicted octanol–water partition coefficient (Wildman–Crippen LogP) is 1.33. The summed E-state index contributed by atoms with van der Waals surface area (Å²) in [6.07, 6.45) is 2.26. The SMILES string of the molecule is CN(C)S(=O)(=O)c1cc(C(=O)NCCC(=O)N2CCCC2)ccc1Cl. The summed E-state index contributed by atoms with van der Waals surface area (Å²) in [4.78, 5) is 25.8. The molecule has 1 saturated heterocycles. The average molecular weight is 388 g/mol. The van der Waals surface area contributed by atoms with Crippen molar-refractivity contribution >= 4 is 33.4 Å². The average Bonchev–Trinajstić information content (AvgIpc) is 3.09. The number of likely N-dealkylation sites (tertiary alicyclic amines) is 1. The lowest BCUT2D eigenvalue weighted by Crippen LogP contribution is -2.32. The molecule has 1 N–H and O–H groups in total. The van der Waals surface area contributed by atoms with Gasteiger partial charge in [-0.2, -0.15) is 0 Å². The Morgan fingerprint density at radius 2 is 1.88 bits per heavy atom. The second-order valence-electron chi connectivity index (χ2n) is 6.03. The summed E-state index contributed by atoms with van der Waals surface area (Å²) >= 11 is 5.96. The molecule has 1 aromatic rings. The highest BCUT2D eigenvalue weighted by molar-refractivity contribution is 7.89. The fourth-order valence-electron chi connectivity index (χ4n) is 2.55. The molecule has 0 aliphatic carbocycles. The monoisotopic (exact) mass is 387 g/mol. The maximum absolute atomic E-state index is 12.2. The number of carbonyl (C=O) groups excluding carboxylic acids is 2. The smallest absolute Gasteiger partial charge is 0.251 e. The zero-order valence-corrected chi connectivity index (χ0v) is 15.9. The van der Waals surface area contributed by atoms with Gasteiger partial charge in [0.15, 0.2) is 0 Å². The number of hydrogen-bond acceptors (Lipinski definition) is 4. The van der Waals surface area contributed by atoms with Crippen molar-refractivity contribution in [3.8, 4) is 0 Å². The molecule has 0 radical (unpaired) electrons. The maximum atomic E-state index is 12.2. The van der Waals surface area contributed by atoms with E-state index in [1.807, 2.05) is 0 Å². The van der Waals surface area contributed by atoms with Gasteiger partial charge in [-0.15, -0.1) is 0 Å². The minimum absolute atomic E-state index is 0.0183. The summed E-state index contributed by atoms with van der Waals surface area (Å²) in [5.74, 6) is -0.425. The van der Waals surface area contributed by atoms with Gasteiger partial charge in [-0.1, -0.05) is 11.6 Å². The van der Waals surface area contributed by atoms with Crippen LogP contribution in [0.4, 0.5) is 0 Å². The highest BCUT2D eigenvalue weighted by Gasteiger charge is 2.23. The standard InChI is InChI=1S/C16H22ClN3O4S/c1-19(2)25(23,24)14-11-12(5-6-13(14)17)16(22)18-8-7-15(21)20-9-3-4-10-20/h5-6,11H,3-4,7-10H2,1-2H3,(H,18,22). The van der Waals surface area contributed by atoms with Gasteiger partial charge in [0.1, 0.15) is 4.90 Å². The Hall–Kier alpha value is -1.64. The summed E-state index contributed by atoms with van der Waals surface area (Å²) < 4.78 is 25.5. The first-order valence-corrected chi connectivity index (χ1v) is 9.83. The number of amides is 2. The number of sulfonamides is 1. The lowest BCUT2D eigenvalue weighted by molar-refractivity contribution is -0.129. The van der Waals surface area contributed by atoms with Gasteiger partial charge >= 0.3 is 0 Å². The first-order valence-electron chi connectivity index (χ1n) is 8.01. The Labute approximate surface area is 153 Å². The molecular weight excluding hydrogens is 366 g/mol. The Morgan fingerprint density at radius 3 is 2.48 bits per heavy atom.